The van der Waals surface area contributed by atoms with Crippen LogP contribution in [0.15, 0.2) is 59.5 Å². The minimum absolute atomic E-state index is 0.160. The first-order chi connectivity index (χ1) is 14.0. The van der Waals surface area contributed by atoms with Crippen LogP contribution in [0.5, 0.6) is 0 Å². The summed E-state index contributed by atoms with van der Waals surface area (Å²) in [6.45, 7) is 1.39. The molecule has 1 atom stereocenters. The van der Waals surface area contributed by atoms with Crippen molar-refractivity contribution in [2.24, 2.45) is 0 Å². The van der Waals surface area contributed by atoms with Crippen LogP contribution in [0.3, 0.4) is 0 Å². The summed E-state index contributed by atoms with van der Waals surface area (Å²) < 4.78 is 5.13. The van der Waals surface area contributed by atoms with Crippen LogP contribution >= 0.6 is 11.8 Å². The van der Waals surface area contributed by atoms with E-state index < -0.39 is 12.6 Å². The SMILES string of the molecule is CSc1ccc(/C=C/C(=O)OCC(=O)N2c3ccccc3NC(=O)C[C@H]2C)cc1. The molecule has 0 fully saturated rings. The highest BCUT2D eigenvalue weighted by Crippen LogP contribution is 2.31. The summed E-state index contributed by atoms with van der Waals surface area (Å²) in [5.74, 6) is -1.14. The van der Waals surface area contributed by atoms with Crippen molar-refractivity contribution < 1.29 is 19.1 Å². The third-order valence-corrected chi connectivity index (χ3v) is 5.24. The number of thioether (sulfide) groups is 1. The van der Waals surface area contributed by atoms with E-state index in [0.29, 0.717) is 11.4 Å². The van der Waals surface area contributed by atoms with Crippen LogP contribution in [0.2, 0.25) is 0 Å². The molecule has 150 valence electrons. The van der Waals surface area contributed by atoms with Crippen molar-refractivity contribution in [3.8, 4) is 0 Å². The summed E-state index contributed by atoms with van der Waals surface area (Å²) in [6, 6.07) is 14.5. The van der Waals surface area contributed by atoms with Gasteiger partial charge in [0.2, 0.25) is 5.91 Å². The standard InChI is InChI=1S/C22H22N2O4S/c1-15-13-20(25)23-18-5-3-4-6-19(18)24(15)21(26)14-28-22(27)12-9-16-7-10-17(29-2)11-8-16/h3-12,15H,13-14H2,1-2H3,(H,23,25)/b12-9+/t15-/m1/s1. The predicted octanol–water partition coefficient (Wildman–Crippen LogP) is 3.73. The molecule has 1 aliphatic rings. The Balaban J connectivity index is 1.64. The van der Waals surface area contributed by atoms with Crippen molar-refractivity contribution >= 4 is 47.0 Å². The van der Waals surface area contributed by atoms with E-state index >= 15 is 0 Å². The van der Waals surface area contributed by atoms with Gasteiger partial charge in [-0.05, 0) is 49.1 Å². The van der Waals surface area contributed by atoms with E-state index in [2.05, 4.69) is 5.32 Å². The Labute approximate surface area is 173 Å². The van der Waals surface area contributed by atoms with Crippen LogP contribution in [0.25, 0.3) is 6.08 Å². The molecular weight excluding hydrogens is 388 g/mol. The smallest absolute Gasteiger partial charge is 0.331 e. The molecule has 0 unspecified atom stereocenters. The molecule has 0 aromatic heterocycles. The molecule has 7 heteroatoms. The van der Waals surface area contributed by atoms with E-state index in [0.717, 1.165) is 10.5 Å². The van der Waals surface area contributed by atoms with Gasteiger partial charge in [-0.15, -0.1) is 11.8 Å². The Morgan fingerprint density at radius 3 is 2.66 bits per heavy atom. The van der Waals surface area contributed by atoms with Gasteiger partial charge in [-0.1, -0.05) is 24.3 Å². The van der Waals surface area contributed by atoms with Gasteiger partial charge in [0, 0.05) is 23.4 Å². The minimum Gasteiger partial charge on any atom is -0.452 e. The van der Waals surface area contributed by atoms with Gasteiger partial charge in [-0.2, -0.15) is 0 Å². The number of ether oxygens (including phenoxy) is 1. The highest BCUT2D eigenvalue weighted by Gasteiger charge is 2.29. The van der Waals surface area contributed by atoms with Gasteiger partial charge in [0.15, 0.2) is 6.61 Å². The molecule has 2 aromatic carbocycles. The van der Waals surface area contributed by atoms with Crippen LogP contribution in [0, 0.1) is 0 Å². The van der Waals surface area contributed by atoms with Gasteiger partial charge in [-0.25, -0.2) is 4.79 Å². The van der Waals surface area contributed by atoms with Crippen LogP contribution < -0.4 is 10.2 Å². The third kappa shape index (κ3) is 5.26. The van der Waals surface area contributed by atoms with Crippen molar-refractivity contribution in [1.29, 1.82) is 0 Å². The lowest BCUT2D eigenvalue weighted by Gasteiger charge is -2.27. The molecule has 0 bridgehead atoms. The number of carbonyl (C=O) groups excluding carboxylic acids is 3. The van der Waals surface area contributed by atoms with E-state index in [1.54, 1.807) is 49.0 Å². The molecule has 0 saturated carbocycles. The fraction of sp³-hybridized carbons (Fsp3) is 0.227. The number of amides is 2. The Hall–Kier alpha value is -3.06. The zero-order valence-corrected chi connectivity index (χ0v) is 17.1. The number of esters is 1. The molecule has 6 nitrogen and oxygen atoms in total. The number of benzene rings is 2. The highest BCUT2D eigenvalue weighted by atomic mass is 32.2. The number of carbonyl (C=O) groups is 3. The van der Waals surface area contributed by atoms with Gasteiger partial charge < -0.3 is 15.0 Å². The van der Waals surface area contributed by atoms with Crippen molar-refractivity contribution in [1.82, 2.24) is 0 Å². The fourth-order valence-electron chi connectivity index (χ4n) is 3.10. The van der Waals surface area contributed by atoms with Crippen LogP contribution in [-0.4, -0.2) is 36.7 Å². The molecule has 29 heavy (non-hydrogen) atoms. The first-order valence-corrected chi connectivity index (χ1v) is 10.4. The summed E-state index contributed by atoms with van der Waals surface area (Å²) in [4.78, 5) is 39.4. The minimum atomic E-state index is -0.600. The largest absolute Gasteiger partial charge is 0.452 e. The zero-order valence-electron chi connectivity index (χ0n) is 16.3. The summed E-state index contributed by atoms with van der Waals surface area (Å²) >= 11 is 1.64. The second-order valence-electron chi connectivity index (χ2n) is 6.60. The number of anilines is 2. The van der Waals surface area contributed by atoms with Gasteiger partial charge >= 0.3 is 5.97 Å². The van der Waals surface area contributed by atoms with Crippen molar-refractivity contribution in [2.75, 3.05) is 23.1 Å². The van der Waals surface area contributed by atoms with Crippen LogP contribution in [-0.2, 0) is 19.1 Å². The fourth-order valence-corrected chi connectivity index (χ4v) is 3.51. The van der Waals surface area contributed by atoms with E-state index in [1.807, 2.05) is 30.5 Å². The highest BCUT2D eigenvalue weighted by molar-refractivity contribution is 7.98. The first-order valence-electron chi connectivity index (χ1n) is 9.18. The number of rotatable bonds is 5. The molecule has 3 rings (SSSR count). The number of nitrogens with zero attached hydrogens (tertiary/aromatic N) is 1. The van der Waals surface area contributed by atoms with E-state index in [9.17, 15) is 14.4 Å². The summed E-state index contributed by atoms with van der Waals surface area (Å²) in [5.41, 5.74) is 2.03. The van der Waals surface area contributed by atoms with Gasteiger partial charge in [-0.3, -0.25) is 9.59 Å². The molecular formula is C22H22N2O4S. The normalized spacial score (nSPS) is 16.1. The molecule has 2 aromatic rings. The molecule has 0 spiro atoms. The Kier molecular flexibility index (Phi) is 6.72. The maximum atomic E-state index is 12.8. The van der Waals surface area contributed by atoms with Crippen LogP contribution in [0.4, 0.5) is 11.4 Å². The molecule has 1 heterocycles. The van der Waals surface area contributed by atoms with Crippen molar-refractivity contribution in [2.45, 2.75) is 24.3 Å². The average Bonchev–Trinajstić information content (AvgIpc) is 2.85. The third-order valence-electron chi connectivity index (χ3n) is 4.49. The molecule has 1 aliphatic heterocycles. The quantitative estimate of drug-likeness (QED) is 0.462. The van der Waals surface area contributed by atoms with Gasteiger partial charge in [0.25, 0.3) is 5.91 Å². The van der Waals surface area contributed by atoms with Crippen molar-refractivity contribution in [3.63, 3.8) is 0 Å². The Bertz CT molecular complexity index is 940. The number of hydrogen-bond donors (Lipinski definition) is 1. The second kappa shape index (κ2) is 9.43. The topological polar surface area (TPSA) is 75.7 Å². The van der Waals surface area contributed by atoms with Crippen molar-refractivity contribution in [3.05, 3.63) is 60.2 Å². The van der Waals surface area contributed by atoms with Gasteiger partial charge in [0.1, 0.15) is 0 Å². The zero-order chi connectivity index (χ0) is 20.8. The maximum Gasteiger partial charge on any atom is 0.331 e. The molecule has 0 aliphatic carbocycles. The number of nitrogens with one attached hydrogen (secondary N) is 1. The summed E-state index contributed by atoms with van der Waals surface area (Å²) in [5, 5.41) is 2.80. The average molecular weight is 410 g/mol. The summed E-state index contributed by atoms with van der Waals surface area (Å²) in [6.07, 6.45) is 5.10. The number of fused-ring (bicyclic) bond motifs is 1. The summed E-state index contributed by atoms with van der Waals surface area (Å²) in [7, 11) is 0. The molecule has 2 amide bonds. The lowest BCUT2D eigenvalue weighted by atomic mass is 10.1. The lowest BCUT2D eigenvalue weighted by Crippen LogP contribution is -2.41. The first kappa shape index (κ1) is 20.7. The number of hydrogen-bond acceptors (Lipinski definition) is 5. The Morgan fingerprint density at radius 2 is 1.93 bits per heavy atom. The monoisotopic (exact) mass is 410 g/mol. The second-order valence-corrected chi connectivity index (χ2v) is 7.48. The van der Waals surface area contributed by atoms with E-state index in [4.69, 9.17) is 4.74 Å². The predicted molar refractivity (Wildman–Crippen MR) is 115 cm³/mol. The van der Waals surface area contributed by atoms with E-state index in [-0.39, 0.29) is 24.3 Å². The molecule has 0 radical (unpaired) electrons. The lowest BCUT2D eigenvalue weighted by molar-refractivity contribution is -0.143. The van der Waals surface area contributed by atoms with Crippen LogP contribution in [0.1, 0.15) is 18.9 Å². The van der Waals surface area contributed by atoms with Gasteiger partial charge in [0.05, 0.1) is 11.4 Å². The number of para-hydroxylation sites is 2. The molecule has 1 N–H and O–H groups in total. The molecule has 0 saturated heterocycles. The van der Waals surface area contributed by atoms with E-state index in [1.165, 1.54) is 11.0 Å². The Morgan fingerprint density at radius 1 is 1.21 bits per heavy atom. The maximum absolute atomic E-state index is 12.8.